The van der Waals surface area contributed by atoms with Crippen LogP contribution in [-0.2, 0) is 27.8 Å². The predicted molar refractivity (Wildman–Crippen MR) is 91.9 cm³/mol. The molecule has 1 aliphatic rings. The molecule has 1 aromatic carbocycles. The van der Waals surface area contributed by atoms with Crippen LogP contribution in [0.4, 0.5) is 5.82 Å². The lowest BCUT2D eigenvalue weighted by molar-refractivity contribution is 0.102. The van der Waals surface area contributed by atoms with Gasteiger partial charge >= 0.3 is 0 Å². The summed E-state index contributed by atoms with van der Waals surface area (Å²) in [6, 6.07) is 7.46. The maximum Gasteiger partial charge on any atom is 0.256 e. The number of aryl methyl sites for hydroxylation is 1. The molecule has 1 N–H and O–H groups in total. The second-order valence-corrected chi connectivity index (χ2v) is 8.37. The highest BCUT2D eigenvalue weighted by molar-refractivity contribution is 7.83. The van der Waals surface area contributed by atoms with Crippen LogP contribution in [0, 0.1) is 6.92 Å². The third kappa shape index (κ3) is 3.08. The summed E-state index contributed by atoms with van der Waals surface area (Å²) < 4.78 is 13.7. The number of carbonyl (C=O) groups excluding carboxylic acids is 1. The van der Waals surface area contributed by atoms with Crippen LogP contribution in [0.3, 0.4) is 0 Å². The Hall–Kier alpha value is -1.95. The normalized spacial score (nSPS) is 17.1. The van der Waals surface area contributed by atoms with Gasteiger partial charge in [0.2, 0.25) is 0 Å². The Morgan fingerprint density at radius 1 is 1.30 bits per heavy atom. The van der Waals surface area contributed by atoms with E-state index in [0.29, 0.717) is 22.9 Å². The number of hydrogen-bond acceptors (Lipinski definition) is 3. The zero-order valence-electron chi connectivity index (χ0n) is 13.8. The fourth-order valence-corrected chi connectivity index (χ4v) is 3.97. The van der Waals surface area contributed by atoms with Crippen molar-refractivity contribution in [3.05, 3.63) is 46.6 Å². The number of rotatable bonds is 2. The Bertz CT molecular complexity index is 803. The number of anilines is 1. The lowest BCUT2D eigenvalue weighted by Gasteiger charge is -2.23. The van der Waals surface area contributed by atoms with Gasteiger partial charge in [-0.05, 0) is 39.8 Å². The van der Waals surface area contributed by atoms with Crippen LogP contribution in [0.25, 0.3) is 0 Å². The third-order valence-electron chi connectivity index (χ3n) is 3.82. The third-order valence-corrected chi connectivity index (χ3v) is 5.02. The van der Waals surface area contributed by atoms with E-state index in [1.54, 1.807) is 6.07 Å². The van der Waals surface area contributed by atoms with Crippen molar-refractivity contribution in [1.29, 1.82) is 0 Å². The van der Waals surface area contributed by atoms with Crippen molar-refractivity contribution in [2.24, 2.45) is 0 Å². The molecule has 2 heterocycles. The molecule has 0 bridgehead atoms. The Kier molecular flexibility index (Phi) is 3.88. The summed E-state index contributed by atoms with van der Waals surface area (Å²) in [5.74, 6) is 1.42. The molecule has 0 aliphatic carbocycles. The van der Waals surface area contributed by atoms with Gasteiger partial charge in [0.15, 0.2) is 0 Å². The lowest BCUT2D eigenvalue weighted by Crippen LogP contribution is -2.27. The van der Waals surface area contributed by atoms with Crippen LogP contribution in [0.15, 0.2) is 24.3 Å². The highest BCUT2D eigenvalue weighted by Gasteiger charge is 2.31. The minimum Gasteiger partial charge on any atom is -0.306 e. The Balaban J connectivity index is 1.99. The molecule has 1 aromatic heterocycles. The zero-order valence-corrected chi connectivity index (χ0v) is 14.7. The lowest BCUT2D eigenvalue weighted by atomic mass is 10.1. The molecule has 0 fully saturated rings. The number of carbonyl (C=O) groups is 1. The highest BCUT2D eigenvalue weighted by Crippen LogP contribution is 2.33. The second kappa shape index (κ2) is 5.60. The molecule has 0 spiro atoms. The molecule has 5 nitrogen and oxygen atoms in total. The number of benzene rings is 1. The zero-order chi connectivity index (χ0) is 16.8. The van der Waals surface area contributed by atoms with E-state index in [9.17, 15) is 9.00 Å². The summed E-state index contributed by atoms with van der Waals surface area (Å²) in [7, 11) is -0.924. The number of nitrogens with zero attached hydrogens (tertiary/aromatic N) is 2. The molecule has 1 amide bonds. The largest absolute Gasteiger partial charge is 0.306 e. The molecule has 122 valence electrons. The van der Waals surface area contributed by atoms with Gasteiger partial charge in [-0.1, -0.05) is 17.7 Å². The monoisotopic (exact) mass is 331 g/mol. The van der Waals surface area contributed by atoms with Crippen molar-refractivity contribution in [3.8, 4) is 0 Å². The van der Waals surface area contributed by atoms with Gasteiger partial charge in [-0.15, -0.1) is 0 Å². The summed E-state index contributed by atoms with van der Waals surface area (Å²) in [5.41, 5.74) is 3.12. The highest BCUT2D eigenvalue weighted by atomic mass is 32.2. The molecule has 0 saturated heterocycles. The predicted octanol–water partition coefficient (Wildman–Crippen LogP) is 2.96. The summed E-state index contributed by atoms with van der Waals surface area (Å²) in [6.07, 6.45) is 0. The second-order valence-electron chi connectivity index (χ2n) is 6.91. The van der Waals surface area contributed by atoms with Crippen LogP contribution in [0.2, 0.25) is 0 Å². The summed E-state index contributed by atoms with van der Waals surface area (Å²) in [4.78, 5) is 12.6. The van der Waals surface area contributed by atoms with E-state index in [1.165, 1.54) is 0 Å². The van der Waals surface area contributed by atoms with Gasteiger partial charge in [-0.25, -0.2) is 4.68 Å². The number of nitrogens with one attached hydrogen (secondary N) is 1. The van der Waals surface area contributed by atoms with Gasteiger partial charge in [0.25, 0.3) is 5.91 Å². The molecule has 1 atom stereocenters. The van der Waals surface area contributed by atoms with Gasteiger partial charge in [0.05, 0.1) is 22.7 Å². The van der Waals surface area contributed by atoms with Crippen molar-refractivity contribution in [2.45, 2.75) is 44.7 Å². The van der Waals surface area contributed by atoms with Crippen molar-refractivity contribution in [1.82, 2.24) is 9.78 Å². The number of fused-ring (bicyclic) bond motifs is 1. The molecule has 1 aliphatic heterocycles. The minimum atomic E-state index is -0.924. The Morgan fingerprint density at radius 2 is 2.04 bits per heavy atom. The first kappa shape index (κ1) is 15.9. The van der Waals surface area contributed by atoms with Crippen molar-refractivity contribution in [2.75, 3.05) is 5.32 Å². The fraction of sp³-hybridized carbons (Fsp3) is 0.412. The number of aromatic nitrogens is 2. The van der Waals surface area contributed by atoms with E-state index in [2.05, 4.69) is 10.4 Å². The first-order chi connectivity index (χ1) is 10.8. The summed E-state index contributed by atoms with van der Waals surface area (Å²) >= 11 is 0. The van der Waals surface area contributed by atoms with Crippen molar-refractivity contribution >= 4 is 22.5 Å². The minimum absolute atomic E-state index is 0.167. The van der Waals surface area contributed by atoms with Gasteiger partial charge in [0, 0.05) is 21.9 Å². The smallest absolute Gasteiger partial charge is 0.256 e. The van der Waals surface area contributed by atoms with E-state index >= 15 is 0 Å². The SMILES string of the molecule is Cc1cccc(C(=O)Nc2c3c(nn2C(C)(C)C)C[S@@](=O)C3)c1. The van der Waals surface area contributed by atoms with Crippen LogP contribution in [-0.4, -0.2) is 19.9 Å². The maximum absolute atomic E-state index is 12.6. The first-order valence-corrected chi connectivity index (χ1v) is 9.09. The fourth-order valence-electron chi connectivity index (χ4n) is 2.71. The Morgan fingerprint density at radius 3 is 2.70 bits per heavy atom. The van der Waals surface area contributed by atoms with Gasteiger partial charge in [0.1, 0.15) is 5.82 Å². The number of amides is 1. The van der Waals surface area contributed by atoms with Gasteiger partial charge in [-0.3, -0.25) is 9.00 Å². The van der Waals surface area contributed by atoms with Gasteiger partial charge in [-0.2, -0.15) is 5.10 Å². The molecular formula is C17H21N3O2S. The van der Waals surface area contributed by atoms with E-state index in [4.69, 9.17) is 0 Å². The average molecular weight is 331 g/mol. The first-order valence-electron chi connectivity index (χ1n) is 7.60. The maximum atomic E-state index is 12.6. The molecule has 6 heteroatoms. The van der Waals surface area contributed by atoms with E-state index < -0.39 is 10.8 Å². The number of hydrogen-bond donors (Lipinski definition) is 1. The average Bonchev–Trinajstić information content (AvgIpc) is 2.96. The summed E-state index contributed by atoms with van der Waals surface area (Å²) in [6.45, 7) is 8.06. The van der Waals surface area contributed by atoms with Crippen LogP contribution < -0.4 is 5.32 Å². The van der Waals surface area contributed by atoms with Crippen molar-refractivity contribution in [3.63, 3.8) is 0 Å². The summed E-state index contributed by atoms with van der Waals surface area (Å²) in [5, 5.41) is 7.57. The molecule has 3 rings (SSSR count). The van der Waals surface area contributed by atoms with Gasteiger partial charge < -0.3 is 5.32 Å². The Labute approximate surface area is 138 Å². The van der Waals surface area contributed by atoms with Crippen LogP contribution >= 0.6 is 0 Å². The molecule has 0 unspecified atom stereocenters. The topological polar surface area (TPSA) is 64.0 Å². The quantitative estimate of drug-likeness (QED) is 0.920. The van der Waals surface area contributed by atoms with Crippen molar-refractivity contribution < 1.29 is 9.00 Å². The molecular weight excluding hydrogens is 310 g/mol. The van der Waals surface area contributed by atoms with Crippen LogP contribution in [0.1, 0.15) is 48.0 Å². The molecule has 0 radical (unpaired) electrons. The van der Waals surface area contributed by atoms with E-state index in [0.717, 1.165) is 16.8 Å². The molecule has 0 saturated carbocycles. The van der Waals surface area contributed by atoms with E-state index in [-0.39, 0.29) is 11.4 Å². The van der Waals surface area contributed by atoms with Crippen LogP contribution in [0.5, 0.6) is 0 Å². The van der Waals surface area contributed by atoms with E-state index in [1.807, 2.05) is 50.6 Å². The standard InChI is InChI=1S/C17H21N3O2S/c1-11-6-5-7-12(8-11)16(21)18-15-13-9-23(22)10-14(13)19-20(15)17(2,3)4/h5-8H,9-10H2,1-4H3,(H,18,21)/t23-/m0/s1. The molecule has 23 heavy (non-hydrogen) atoms. The molecule has 2 aromatic rings.